The average molecular weight is 303 g/mol. The van der Waals surface area contributed by atoms with E-state index < -0.39 is 0 Å². The molecule has 2 rings (SSSR count). The SMILES string of the molecule is CCC(C(C)C)C1CCN(c2ccc(C(C)(C)C)cn2)CC1. The summed E-state index contributed by atoms with van der Waals surface area (Å²) >= 11 is 0. The second-order valence-electron chi connectivity index (χ2n) is 8.30. The summed E-state index contributed by atoms with van der Waals surface area (Å²) < 4.78 is 0. The van der Waals surface area contributed by atoms with Crippen molar-refractivity contribution >= 4 is 5.82 Å². The number of aromatic nitrogens is 1. The van der Waals surface area contributed by atoms with Crippen molar-refractivity contribution in [1.82, 2.24) is 4.98 Å². The summed E-state index contributed by atoms with van der Waals surface area (Å²) in [5.41, 5.74) is 1.50. The fraction of sp³-hybridized carbons (Fsp3) is 0.750. The van der Waals surface area contributed by atoms with Crippen molar-refractivity contribution < 1.29 is 0 Å². The van der Waals surface area contributed by atoms with E-state index in [1.165, 1.54) is 24.8 Å². The fourth-order valence-electron chi connectivity index (χ4n) is 3.92. The van der Waals surface area contributed by atoms with Crippen molar-refractivity contribution in [3.8, 4) is 0 Å². The van der Waals surface area contributed by atoms with Crippen LogP contribution in [0.1, 0.15) is 66.4 Å². The first-order valence-corrected chi connectivity index (χ1v) is 9.04. The van der Waals surface area contributed by atoms with E-state index in [-0.39, 0.29) is 5.41 Å². The first kappa shape index (κ1) is 17.3. The Morgan fingerprint density at radius 2 is 1.82 bits per heavy atom. The van der Waals surface area contributed by atoms with Gasteiger partial charge in [-0.05, 0) is 47.6 Å². The normalized spacial score (nSPS) is 18.8. The minimum atomic E-state index is 0.185. The molecule has 1 aliphatic rings. The molecule has 0 bridgehead atoms. The van der Waals surface area contributed by atoms with Gasteiger partial charge in [-0.1, -0.05) is 54.0 Å². The van der Waals surface area contributed by atoms with Gasteiger partial charge in [0.15, 0.2) is 0 Å². The van der Waals surface area contributed by atoms with Crippen molar-refractivity contribution in [3.05, 3.63) is 23.9 Å². The summed E-state index contributed by atoms with van der Waals surface area (Å²) in [5.74, 6) is 3.75. The van der Waals surface area contributed by atoms with Crippen LogP contribution in [0.15, 0.2) is 18.3 Å². The van der Waals surface area contributed by atoms with Crippen LogP contribution in [0, 0.1) is 17.8 Å². The van der Waals surface area contributed by atoms with E-state index in [1.54, 1.807) is 0 Å². The summed E-state index contributed by atoms with van der Waals surface area (Å²) in [7, 11) is 0. The molecule has 0 radical (unpaired) electrons. The fourth-order valence-corrected chi connectivity index (χ4v) is 3.92. The van der Waals surface area contributed by atoms with Gasteiger partial charge in [0.25, 0.3) is 0 Å². The second kappa shape index (κ2) is 7.02. The van der Waals surface area contributed by atoms with Gasteiger partial charge in [0.2, 0.25) is 0 Å². The summed E-state index contributed by atoms with van der Waals surface area (Å²) in [5, 5.41) is 0. The minimum Gasteiger partial charge on any atom is -0.357 e. The highest BCUT2D eigenvalue weighted by Crippen LogP contribution is 2.33. The maximum atomic E-state index is 4.72. The number of pyridine rings is 1. The second-order valence-corrected chi connectivity index (χ2v) is 8.30. The molecular weight excluding hydrogens is 268 g/mol. The van der Waals surface area contributed by atoms with Crippen LogP contribution in [0.25, 0.3) is 0 Å². The van der Waals surface area contributed by atoms with Crippen molar-refractivity contribution in [3.63, 3.8) is 0 Å². The van der Waals surface area contributed by atoms with Crippen molar-refractivity contribution in [2.75, 3.05) is 18.0 Å². The van der Waals surface area contributed by atoms with E-state index in [9.17, 15) is 0 Å². The van der Waals surface area contributed by atoms with Gasteiger partial charge >= 0.3 is 0 Å². The molecule has 0 aliphatic carbocycles. The maximum absolute atomic E-state index is 4.72. The Bertz CT molecular complexity index is 448. The molecule has 0 spiro atoms. The van der Waals surface area contributed by atoms with E-state index in [4.69, 9.17) is 4.98 Å². The standard InChI is InChI=1S/C20H34N2/c1-7-18(15(2)3)16-10-12-22(13-11-16)19-9-8-17(14-21-19)20(4,5)6/h8-9,14-16,18H,7,10-13H2,1-6H3. The van der Waals surface area contributed by atoms with E-state index in [1.807, 2.05) is 0 Å². The lowest BCUT2D eigenvalue weighted by Gasteiger charge is -2.38. The smallest absolute Gasteiger partial charge is 0.128 e. The predicted octanol–water partition coefficient (Wildman–Crippen LogP) is 5.28. The maximum Gasteiger partial charge on any atom is 0.128 e. The third kappa shape index (κ3) is 4.02. The zero-order valence-electron chi connectivity index (χ0n) is 15.4. The van der Waals surface area contributed by atoms with Crippen LogP contribution in [0.2, 0.25) is 0 Å². The van der Waals surface area contributed by atoms with Crippen molar-refractivity contribution in [1.29, 1.82) is 0 Å². The molecule has 1 saturated heterocycles. The molecule has 124 valence electrons. The quantitative estimate of drug-likeness (QED) is 0.752. The summed E-state index contributed by atoms with van der Waals surface area (Å²) in [4.78, 5) is 7.19. The number of anilines is 1. The Morgan fingerprint density at radius 1 is 1.18 bits per heavy atom. The molecule has 1 atom stereocenters. The highest BCUT2D eigenvalue weighted by molar-refractivity contribution is 5.40. The number of rotatable bonds is 4. The van der Waals surface area contributed by atoms with Gasteiger partial charge in [0, 0.05) is 19.3 Å². The van der Waals surface area contributed by atoms with E-state index >= 15 is 0 Å². The van der Waals surface area contributed by atoms with Gasteiger partial charge < -0.3 is 4.90 Å². The molecule has 2 nitrogen and oxygen atoms in total. The zero-order valence-corrected chi connectivity index (χ0v) is 15.4. The molecule has 1 unspecified atom stereocenters. The number of hydrogen-bond donors (Lipinski definition) is 0. The van der Waals surface area contributed by atoms with E-state index in [0.29, 0.717) is 0 Å². The van der Waals surface area contributed by atoms with Gasteiger partial charge in [-0.2, -0.15) is 0 Å². The van der Waals surface area contributed by atoms with Crippen LogP contribution in [0.5, 0.6) is 0 Å². The topological polar surface area (TPSA) is 16.1 Å². The third-order valence-corrected chi connectivity index (χ3v) is 5.41. The molecule has 0 aromatic carbocycles. The van der Waals surface area contributed by atoms with Crippen LogP contribution in [0.3, 0.4) is 0 Å². The molecule has 1 aromatic rings. The van der Waals surface area contributed by atoms with Gasteiger partial charge in [0.1, 0.15) is 5.82 Å². The Morgan fingerprint density at radius 3 is 2.23 bits per heavy atom. The Balaban J connectivity index is 1.97. The lowest BCUT2D eigenvalue weighted by atomic mass is 9.76. The summed E-state index contributed by atoms with van der Waals surface area (Å²) in [6.45, 7) is 16.2. The Labute approximate surface area is 137 Å². The molecule has 1 fully saturated rings. The molecule has 22 heavy (non-hydrogen) atoms. The Kier molecular flexibility index (Phi) is 5.52. The number of nitrogens with zero attached hydrogens (tertiary/aromatic N) is 2. The molecule has 0 N–H and O–H groups in total. The van der Waals surface area contributed by atoms with E-state index in [0.717, 1.165) is 36.7 Å². The van der Waals surface area contributed by atoms with Crippen LogP contribution in [-0.4, -0.2) is 18.1 Å². The highest BCUT2D eigenvalue weighted by atomic mass is 15.2. The third-order valence-electron chi connectivity index (χ3n) is 5.41. The number of piperidine rings is 1. The van der Waals surface area contributed by atoms with Crippen LogP contribution in [0.4, 0.5) is 5.82 Å². The first-order chi connectivity index (χ1) is 10.3. The van der Waals surface area contributed by atoms with E-state index in [2.05, 4.69) is 64.8 Å². The largest absolute Gasteiger partial charge is 0.357 e. The molecule has 0 amide bonds. The molecule has 1 aliphatic heterocycles. The van der Waals surface area contributed by atoms with Gasteiger partial charge in [-0.25, -0.2) is 4.98 Å². The average Bonchev–Trinajstić information content (AvgIpc) is 2.47. The molecular formula is C20H34N2. The lowest BCUT2D eigenvalue weighted by molar-refractivity contribution is 0.208. The van der Waals surface area contributed by atoms with Gasteiger partial charge in [0.05, 0.1) is 0 Å². The molecule has 0 saturated carbocycles. The number of hydrogen-bond acceptors (Lipinski definition) is 2. The molecule has 2 heteroatoms. The molecule has 2 heterocycles. The highest BCUT2D eigenvalue weighted by Gasteiger charge is 2.27. The van der Waals surface area contributed by atoms with Gasteiger partial charge in [-0.15, -0.1) is 0 Å². The predicted molar refractivity (Wildman–Crippen MR) is 96.5 cm³/mol. The van der Waals surface area contributed by atoms with Crippen LogP contribution in [-0.2, 0) is 5.41 Å². The zero-order chi connectivity index (χ0) is 16.3. The monoisotopic (exact) mass is 302 g/mol. The first-order valence-electron chi connectivity index (χ1n) is 9.04. The lowest BCUT2D eigenvalue weighted by Crippen LogP contribution is -2.37. The Hall–Kier alpha value is -1.05. The molecule has 1 aromatic heterocycles. The van der Waals surface area contributed by atoms with Crippen molar-refractivity contribution in [2.45, 2.75) is 66.2 Å². The summed E-state index contributed by atoms with van der Waals surface area (Å²) in [6, 6.07) is 4.46. The van der Waals surface area contributed by atoms with Crippen LogP contribution < -0.4 is 4.90 Å². The van der Waals surface area contributed by atoms with Crippen LogP contribution >= 0.6 is 0 Å². The summed E-state index contributed by atoms with van der Waals surface area (Å²) in [6.07, 6.45) is 6.02. The van der Waals surface area contributed by atoms with Gasteiger partial charge in [-0.3, -0.25) is 0 Å². The minimum absolute atomic E-state index is 0.185. The van der Waals surface area contributed by atoms with Crippen molar-refractivity contribution in [2.24, 2.45) is 17.8 Å².